The number of thioether (sulfide) groups is 1. The van der Waals surface area contributed by atoms with E-state index in [0.717, 1.165) is 4.57 Å². The van der Waals surface area contributed by atoms with Crippen LogP contribution in [0.1, 0.15) is 12.2 Å². The number of hydrogen-bond acceptors (Lipinski definition) is 4. The van der Waals surface area contributed by atoms with Crippen LogP contribution in [0.25, 0.3) is 0 Å². The summed E-state index contributed by atoms with van der Waals surface area (Å²) in [5.74, 6) is -0.986. The summed E-state index contributed by atoms with van der Waals surface area (Å²) in [7, 11) is 1.36. The molecule has 0 aliphatic carbocycles. The first-order valence-corrected chi connectivity index (χ1v) is 8.92. The largest absolute Gasteiger partial charge is 0.424 e. The zero-order valence-electron chi connectivity index (χ0n) is 13.8. The Hall–Kier alpha value is -1.71. The number of halogens is 4. The van der Waals surface area contributed by atoms with E-state index >= 15 is 0 Å². The number of nitrogens with one attached hydrogen (secondary N) is 1. The molecule has 0 spiro atoms. The van der Waals surface area contributed by atoms with Gasteiger partial charge in [-0.15, -0.1) is 11.8 Å². The van der Waals surface area contributed by atoms with Gasteiger partial charge in [0.1, 0.15) is 5.82 Å². The van der Waals surface area contributed by atoms with Gasteiger partial charge in [0, 0.05) is 37.3 Å². The molecule has 1 aromatic heterocycles. The van der Waals surface area contributed by atoms with E-state index in [9.17, 15) is 23.1 Å². The second-order valence-electron chi connectivity index (χ2n) is 5.54. The fourth-order valence-corrected chi connectivity index (χ4v) is 3.35. The van der Waals surface area contributed by atoms with Crippen molar-refractivity contribution in [2.45, 2.75) is 23.1 Å². The highest BCUT2D eigenvalue weighted by Crippen LogP contribution is 2.40. The van der Waals surface area contributed by atoms with Crippen LogP contribution in [0.3, 0.4) is 0 Å². The van der Waals surface area contributed by atoms with Gasteiger partial charge >= 0.3 is 6.18 Å². The molecule has 0 radical (unpaired) electrons. The number of aryl methyl sites for hydroxylation is 1. The van der Waals surface area contributed by atoms with Crippen LogP contribution < -0.4 is 5.32 Å². The average molecular weight is 408 g/mol. The van der Waals surface area contributed by atoms with E-state index in [0.29, 0.717) is 9.92 Å². The fraction of sp³-hybridized carbons (Fsp3) is 0.375. The van der Waals surface area contributed by atoms with Crippen molar-refractivity contribution in [1.82, 2.24) is 14.9 Å². The number of hydrogen-bond donors (Lipinski definition) is 2. The Balaban J connectivity index is 1.93. The van der Waals surface area contributed by atoms with Crippen LogP contribution in [0.15, 0.2) is 41.6 Å². The second-order valence-corrected chi connectivity index (χ2v) is 6.96. The quantitative estimate of drug-likeness (QED) is 0.692. The van der Waals surface area contributed by atoms with Crippen molar-refractivity contribution < 1.29 is 23.1 Å². The van der Waals surface area contributed by atoms with Crippen LogP contribution in [0.5, 0.6) is 0 Å². The predicted octanol–water partition coefficient (Wildman–Crippen LogP) is 3.12. The molecule has 5 nitrogen and oxygen atoms in total. The number of nitrogens with zero attached hydrogens (tertiary/aromatic N) is 2. The summed E-state index contributed by atoms with van der Waals surface area (Å²) in [5.41, 5.74) is -3.14. The van der Waals surface area contributed by atoms with E-state index < -0.39 is 29.9 Å². The van der Waals surface area contributed by atoms with Crippen LogP contribution in [-0.2, 0) is 17.4 Å². The molecule has 1 unspecified atom stereocenters. The first kappa shape index (κ1) is 20.6. The van der Waals surface area contributed by atoms with Crippen LogP contribution in [-0.4, -0.2) is 39.0 Å². The molecule has 10 heteroatoms. The van der Waals surface area contributed by atoms with Crippen LogP contribution in [0, 0.1) is 0 Å². The third-order valence-electron chi connectivity index (χ3n) is 3.66. The van der Waals surface area contributed by atoms with Gasteiger partial charge in [-0.1, -0.05) is 23.7 Å². The van der Waals surface area contributed by atoms with Crippen LogP contribution in [0.4, 0.5) is 13.2 Å². The molecule has 0 aliphatic rings. The number of imidazole rings is 1. The summed E-state index contributed by atoms with van der Waals surface area (Å²) in [6.45, 7) is -0.356. The minimum atomic E-state index is -4.93. The number of alkyl halides is 3. The molecule has 2 rings (SSSR count). The maximum Gasteiger partial charge on any atom is 0.424 e. The summed E-state index contributed by atoms with van der Waals surface area (Å²) >= 11 is 7.15. The summed E-state index contributed by atoms with van der Waals surface area (Å²) < 4.78 is 41.2. The van der Waals surface area contributed by atoms with Crippen molar-refractivity contribution in [1.29, 1.82) is 0 Å². The lowest BCUT2D eigenvalue weighted by Gasteiger charge is -2.29. The highest BCUT2D eigenvalue weighted by atomic mass is 35.5. The number of carbonyl (C=O) groups is 1. The zero-order chi connectivity index (χ0) is 19.4. The first-order chi connectivity index (χ1) is 12.1. The average Bonchev–Trinajstić information content (AvgIpc) is 2.99. The predicted molar refractivity (Wildman–Crippen MR) is 93.0 cm³/mol. The molecule has 0 saturated carbocycles. The molecule has 1 amide bonds. The lowest BCUT2D eigenvalue weighted by molar-refractivity contribution is -0.272. The van der Waals surface area contributed by atoms with Crippen molar-refractivity contribution in [3.05, 3.63) is 47.5 Å². The van der Waals surface area contributed by atoms with E-state index in [1.807, 2.05) is 0 Å². The van der Waals surface area contributed by atoms with E-state index in [4.69, 9.17) is 11.6 Å². The van der Waals surface area contributed by atoms with Crippen molar-refractivity contribution in [3.63, 3.8) is 0 Å². The molecule has 1 heterocycles. The Morgan fingerprint density at radius 3 is 2.65 bits per heavy atom. The third-order valence-corrected chi connectivity index (χ3v) is 5.18. The molecule has 1 atom stereocenters. The lowest BCUT2D eigenvalue weighted by Crippen LogP contribution is -2.46. The van der Waals surface area contributed by atoms with Crippen molar-refractivity contribution in [3.8, 4) is 0 Å². The van der Waals surface area contributed by atoms with Gasteiger partial charge in [-0.25, -0.2) is 4.98 Å². The summed E-state index contributed by atoms with van der Waals surface area (Å²) in [4.78, 5) is 16.2. The van der Waals surface area contributed by atoms with E-state index in [1.165, 1.54) is 31.2 Å². The minimum absolute atomic E-state index is 0.00339. The Morgan fingerprint density at radius 1 is 1.38 bits per heavy atom. The monoisotopic (exact) mass is 407 g/mol. The van der Waals surface area contributed by atoms with Gasteiger partial charge in [-0.05, 0) is 12.1 Å². The molecule has 26 heavy (non-hydrogen) atoms. The van der Waals surface area contributed by atoms with Gasteiger partial charge in [-0.2, -0.15) is 13.2 Å². The number of aromatic nitrogens is 2. The summed E-state index contributed by atoms with van der Waals surface area (Å²) in [6.07, 6.45) is -3.19. The van der Waals surface area contributed by atoms with E-state index in [1.54, 1.807) is 24.3 Å². The third kappa shape index (κ3) is 4.72. The normalized spacial score (nSPS) is 14.1. The molecule has 1 aromatic carbocycles. The Kier molecular flexibility index (Phi) is 6.59. The number of benzene rings is 1. The SMILES string of the molecule is Cn1ccnc1C(O)(CCNC(=O)CSc1ccccc1Cl)C(F)(F)F. The van der Waals surface area contributed by atoms with Crippen molar-refractivity contribution in [2.75, 3.05) is 12.3 Å². The maximum atomic E-state index is 13.4. The molecular formula is C16H17ClF3N3O2S. The maximum absolute atomic E-state index is 13.4. The van der Waals surface area contributed by atoms with Crippen molar-refractivity contribution in [2.24, 2.45) is 7.05 Å². The molecule has 0 saturated heterocycles. The number of carbonyl (C=O) groups excluding carboxylic acids is 1. The smallest absolute Gasteiger partial charge is 0.374 e. The fourth-order valence-electron chi connectivity index (χ4n) is 2.28. The number of amides is 1. The van der Waals surface area contributed by atoms with Gasteiger partial charge in [0.25, 0.3) is 0 Å². The molecule has 0 fully saturated rings. The Labute approximate surface area is 157 Å². The van der Waals surface area contributed by atoms with Crippen LogP contribution in [0.2, 0.25) is 5.02 Å². The Morgan fingerprint density at radius 2 is 2.08 bits per heavy atom. The van der Waals surface area contributed by atoms with Gasteiger partial charge in [0.15, 0.2) is 0 Å². The molecule has 0 bridgehead atoms. The summed E-state index contributed by atoms with van der Waals surface area (Å²) in [6, 6.07) is 6.94. The lowest BCUT2D eigenvalue weighted by atomic mass is 9.97. The zero-order valence-corrected chi connectivity index (χ0v) is 15.3. The second kappa shape index (κ2) is 8.32. The molecule has 2 N–H and O–H groups in total. The minimum Gasteiger partial charge on any atom is -0.374 e. The van der Waals surface area contributed by atoms with E-state index in [-0.39, 0.29) is 12.3 Å². The molecule has 0 aliphatic heterocycles. The Bertz CT molecular complexity index is 769. The first-order valence-electron chi connectivity index (χ1n) is 7.56. The molecule has 2 aromatic rings. The summed E-state index contributed by atoms with van der Waals surface area (Å²) in [5, 5.41) is 13.0. The highest BCUT2D eigenvalue weighted by Gasteiger charge is 2.57. The van der Waals surface area contributed by atoms with Gasteiger partial charge in [0.05, 0.1) is 10.8 Å². The topological polar surface area (TPSA) is 67.2 Å². The van der Waals surface area contributed by atoms with Gasteiger partial charge < -0.3 is 15.0 Å². The van der Waals surface area contributed by atoms with Gasteiger partial charge in [-0.3, -0.25) is 4.79 Å². The van der Waals surface area contributed by atoms with E-state index in [2.05, 4.69) is 10.3 Å². The van der Waals surface area contributed by atoms with Crippen molar-refractivity contribution >= 4 is 29.3 Å². The standard InChI is InChI=1S/C16H17ClF3N3O2S/c1-23-9-8-22-14(23)15(25,16(18,19)20)6-7-21-13(24)10-26-12-5-3-2-4-11(12)17/h2-5,8-9,25H,6-7,10H2,1H3,(H,21,24). The molecular weight excluding hydrogens is 391 g/mol. The highest BCUT2D eigenvalue weighted by molar-refractivity contribution is 8.00. The molecule has 142 valence electrons. The number of aliphatic hydroxyl groups is 1. The van der Waals surface area contributed by atoms with Crippen LogP contribution >= 0.6 is 23.4 Å². The number of rotatable bonds is 7. The van der Waals surface area contributed by atoms with Gasteiger partial charge in [0.2, 0.25) is 11.5 Å².